The van der Waals surface area contributed by atoms with Gasteiger partial charge in [-0.3, -0.25) is 0 Å². The van der Waals surface area contributed by atoms with Gasteiger partial charge in [0.05, 0.1) is 5.69 Å². The fraction of sp³-hybridized carbons (Fsp3) is 0.786. The number of nitrogens with zero attached hydrogens (tertiary/aromatic N) is 2. The molecule has 1 unspecified atom stereocenters. The maximum atomic E-state index is 4.55. The third-order valence-electron chi connectivity index (χ3n) is 3.03. The van der Waals surface area contributed by atoms with Gasteiger partial charge in [-0.25, -0.2) is 4.98 Å². The molecule has 98 valence electrons. The topological polar surface area (TPSA) is 29.9 Å². The summed E-state index contributed by atoms with van der Waals surface area (Å²) in [5, 5.41) is 3.52. The minimum absolute atomic E-state index is 0.460. The van der Waals surface area contributed by atoms with Gasteiger partial charge in [0, 0.05) is 18.3 Å². The van der Waals surface area contributed by atoms with Crippen molar-refractivity contribution < 1.29 is 0 Å². The van der Waals surface area contributed by atoms with E-state index in [2.05, 4.69) is 48.8 Å². The lowest BCUT2D eigenvalue weighted by Crippen LogP contribution is -2.18. The van der Waals surface area contributed by atoms with E-state index in [4.69, 9.17) is 0 Å². The van der Waals surface area contributed by atoms with Crippen LogP contribution in [-0.4, -0.2) is 15.6 Å². The first kappa shape index (κ1) is 14.1. The Morgan fingerprint density at radius 3 is 2.59 bits per heavy atom. The number of hydrogen-bond acceptors (Lipinski definition) is 2. The molecule has 1 atom stereocenters. The summed E-state index contributed by atoms with van der Waals surface area (Å²) in [7, 11) is 0. The average molecular weight is 237 g/mol. The van der Waals surface area contributed by atoms with Crippen LogP contribution in [0.2, 0.25) is 0 Å². The zero-order valence-electron chi connectivity index (χ0n) is 12.0. The highest BCUT2D eigenvalue weighted by molar-refractivity contribution is 5.30. The highest BCUT2D eigenvalue weighted by Crippen LogP contribution is 2.17. The van der Waals surface area contributed by atoms with E-state index in [1.54, 1.807) is 0 Å². The molecule has 0 aromatic carbocycles. The minimum atomic E-state index is 0.460. The SMILES string of the molecule is CCCCCC(C)Nc1nc(C)cn1C(C)C. The molecule has 0 aliphatic heterocycles. The van der Waals surface area contributed by atoms with Gasteiger partial charge in [-0.15, -0.1) is 0 Å². The molecule has 1 aromatic heterocycles. The normalized spacial score (nSPS) is 13.1. The van der Waals surface area contributed by atoms with Crippen molar-refractivity contribution in [2.75, 3.05) is 5.32 Å². The molecule has 17 heavy (non-hydrogen) atoms. The number of rotatable bonds is 7. The zero-order valence-corrected chi connectivity index (χ0v) is 12.0. The molecule has 3 nitrogen and oxygen atoms in total. The van der Waals surface area contributed by atoms with Crippen LogP contribution in [0.25, 0.3) is 0 Å². The van der Waals surface area contributed by atoms with Crippen LogP contribution in [0.1, 0.15) is 65.1 Å². The van der Waals surface area contributed by atoms with Gasteiger partial charge < -0.3 is 9.88 Å². The monoisotopic (exact) mass is 237 g/mol. The van der Waals surface area contributed by atoms with E-state index in [0.29, 0.717) is 12.1 Å². The van der Waals surface area contributed by atoms with Gasteiger partial charge >= 0.3 is 0 Å². The summed E-state index contributed by atoms with van der Waals surface area (Å²) in [6.45, 7) is 10.9. The predicted octanol–water partition coefficient (Wildman–Crippen LogP) is 4.15. The molecule has 0 saturated heterocycles. The molecule has 0 radical (unpaired) electrons. The van der Waals surface area contributed by atoms with E-state index in [1.165, 1.54) is 25.7 Å². The van der Waals surface area contributed by atoms with Crippen molar-refractivity contribution in [3.8, 4) is 0 Å². The van der Waals surface area contributed by atoms with Crippen molar-refractivity contribution in [3.05, 3.63) is 11.9 Å². The molecule has 0 bridgehead atoms. The Kier molecular flexibility index (Phi) is 5.52. The van der Waals surface area contributed by atoms with Gasteiger partial charge in [-0.2, -0.15) is 0 Å². The molecule has 0 saturated carbocycles. The molecule has 1 heterocycles. The summed E-state index contributed by atoms with van der Waals surface area (Å²) in [6, 6.07) is 0.961. The molecule has 1 N–H and O–H groups in total. The number of anilines is 1. The van der Waals surface area contributed by atoms with Crippen LogP contribution in [0, 0.1) is 6.92 Å². The third kappa shape index (κ3) is 4.41. The van der Waals surface area contributed by atoms with E-state index >= 15 is 0 Å². The predicted molar refractivity (Wildman–Crippen MR) is 74.6 cm³/mol. The van der Waals surface area contributed by atoms with Crippen LogP contribution in [0.4, 0.5) is 5.95 Å². The summed E-state index contributed by atoms with van der Waals surface area (Å²) >= 11 is 0. The minimum Gasteiger partial charge on any atom is -0.353 e. The molecular weight excluding hydrogens is 210 g/mol. The molecule has 3 heteroatoms. The standard InChI is InChI=1S/C14H27N3/c1-6-7-8-9-12(4)15-14-16-13(5)10-17(14)11(2)3/h10-12H,6-9H2,1-5H3,(H,15,16). The Bertz CT molecular complexity index is 328. The number of hydrogen-bond donors (Lipinski definition) is 1. The van der Waals surface area contributed by atoms with Crippen molar-refractivity contribution >= 4 is 5.95 Å². The molecule has 1 rings (SSSR count). The number of aryl methyl sites for hydroxylation is 1. The van der Waals surface area contributed by atoms with Gasteiger partial charge in [0.2, 0.25) is 5.95 Å². The van der Waals surface area contributed by atoms with E-state index in [0.717, 1.165) is 11.6 Å². The summed E-state index contributed by atoms with van der Waals surface area (Å²) < 4.78 is 2.21. The summed E-state index contributed by atoms with van der Waals surface area (Å²) in [6.07, 6.45) is 7.24. The summed E-state index contributed by atoms with van der Waals surface area (Å²) in [5.74, 6) is 1.02. The van der Waals surface area contributed by atoms with E-state index in [-0.39, 0.29) is 0 Å². The number of imidazole rings is 1. The zero-order chi connectivity index (χ0) is 12.8. The number of unbranched alkanes of at least 4 members (excludes halogenated alkanes) is 2. The van der Waals surface area contributed by atoms with Crippen LogP contribution >= 0.6 is 0 Å². The van der Waals surface area contributed by atoms with Crippen molar-refractivity contribution in [1.82, 2.24) is 9.55 Å². The Morgan fingerprint density at radius 1 is 1.29 bits per heavy atom. The van der Waals surface area contributed by atoms with Gasteiger partial charge in [0.1, 0.15) is 0 Å². The molecule has 0 fully saturated rings. The Hall–Kier alpha value is -0.990. The second kappa shape index (κ2) is 6.67. The van der Waals surface area contributed by atoms with Crippen LogP contribution in [-0.2, 0) is 0 Å². The lowest BCUT2D eigenvalue weighted by molar-refractivity contribution is 0.580. The fourth-order valence-electron chi connectivity index (χ4n) is 2.01. The van der Waals surface area contributed by atoms with Crippen molar-refractivity contribution in [1.29, 1.82) is 0 Å². The van der Waals surface area contributed by atoms with E-state index < -0.39 is 0 Å². The van der Waals surface area contributed by atoms with Crippen LogP contribution in [0.15, 0.2) is 6.20 Å². The molecular formula is C14H27N3. The third-order valence-corrected chi connectivity index (χ3v) is 3.03. The maximum Gasteiger partial charge on any atom is 0.203 e. The first-order valence-electron chi connectivity index (χ1n) is 6.86. The Balaban J connectivity index is 2.55. The number of nitrogens with one attached hydrogen (secondary N) is 1. The highest BCUT2D eigenvalue weighted by Gasteiger charge is 2.10. The molecule has 0 amide bonds. The van der Waals surface area contributed by atoms with Crippen molar-refractivity contribution in [2.45, 2.75) is 72.4 Å². The van der Waals surface area contributed by atoms with E-state index in [1.807, 2.05) is 6.92 Å². The highest BCUT2D eigenvalue weighted by atomic mass is 15.2. The fourth-order valence-corrected chi connectivity index (χ4v) is 2.01. The van der Waals surface area contributed by atoms with Crippen LogP contribution in [0.3, 0.4) is 0 Å². The van der Waals surface area contributed by atoms with Gasteiger partial charge in [-0.05, 0) is 34.1 Å². The first-order chi connectivity index (χ1) is 8.04. The van der Waals surface area contributed by atoms with E-state index in [9.17, 15) is 0 Å². The quantitative estimate of drug-likeness (QED) is 0.722. The maximum absolute atomic E-state index is 4.55. The number of aromatic nitrogens is 2. The van der Waals surface area contributed by atoms with Crippen molar-refractivity contribution in [3.63, 3.8) is 0 Å². The van der Waals surface area contributed by atoms with Gasteiger partial charge in [0.25, 0.3) is 0 Å². The van der Waals surface area contributed by atoms with Crippen LogP contribution < -0.4 is 5.32 Å². The summed E-state index contributed by atoms with van der Waals surface area (Å²) in [5.41, 5.74) is 1.09. The van der Waals surface area contributed by atoms with Crippen molar-refractivity contribution in [2.24, 2.45) is 0 Å². The second-order valence-electron chi connectivity index (χ2n) is 5.25. The second-order valence-corrected chi connectivity index (χ2v) is 5.25. The molecule has 0 spiro atoms. The first-order valence-corrected chi connectivity index (χ1v) is 6.86. The van der Waals surface area contributed by atoms with Gasteiger partial charge in [-0.1, -0.05) is 26.2 Å². The van der Waals surface area contributed by atoms with Crippen LogP contribution in [0.5, 0.6) is 0 Å². The Labute approximate surface area is 106 Å². The lowest BCUT2D eigenvalue weighted by atomic mass is 10.1. The molecule has 1 aromatic rings. The Morgan fingerprint density at radius 2 is 2.00 bits per heavy atom. The average Bonchev–Trinajstić information content (AvgIpc) is 2.60. The van der Waals surface area contributed by atoms with Gasteiger partial charge in [0.15, 0.2) is 0 Å². The largest absolute Gasteiger partial charge is 0.353 e. The molecule has 0 aliphatic carbocycles. The lowest BCUT2D eigenvalue weighted by Gasteiger charge is -2.17. The smallest absolute Gasteiger partial charge is 0.203 e. The molecule has 0 aliphatic rings. The summed E-state index contributed by atoms with van der Waals surface area (Å²) in [4.78, 5) is 4.55.